The van der Waals surface area contributed by atoms with E-state index >= 15 is 0 Å². The molecule has 618 valence electrons. The molecule has 0 bridgehead atoms. The van der Waals surface area contributed by atoms with E-state index in [1.807, 2.05) is 94.7 Å². The fourth-order valence-corrected chi connectivity index (χ4v) is 22.4. The molecule has 0 unspecified atom stereocenters. The molecule has 0 N–H and O–H groups in total. The summed E-state index contributed by atoms with van der Waals surface area (Å²) in [4.78, 5) is 56.8. The van der Waals surface area contributed by atoms with Crippen molar-refractivity contribution in [2.24, 2.45) is 0 Å². The summed E-state index contributed by atoms with van der Waals surface area (Å²) >= 11 is 5.48. The predicted octanol–water partition coefficient (Wildman–Crippen LogP) is 32.0. The molecule has 28 aromatic rings. The van der Waals surface area contributed by atoms with Crippen LogP contribution >= 0.6 is 34.0 Å². The van der Waals surface area contributed by atoms with Crippen molar-refractivity contribution in [2.45, 2.75) is 0 Å². The highest BCUT2D eigenvalue weighted by Gasteiger charge is 2.25. The SMILES string of the molecule is c1ccc(-c2nc(-c3ccccc3)nc(-c3nc4cc5c(cc4c4ccccc34)sc3ccccc35)n2)cc1.c1ccc2c(-c3nc(-c4cccc5ccccc45)nc(-c4nc5cc6c(cc5c5ccccc45)sc4ccccc46)n3)cccc2c1.c1ccc2cc(-c3cc(-c4ccc5ccccc5c4)nc(-c4nc5cc6c(cc5c5ccccc45)sc4ccccc46)n3)ccc2c1. The van der Waals surface area contributed by atoms with Crippen LogP contribution in [0.3, 0.4) is 0 Å². The first kappa shape index (κ1) is 77.2. The van der Waals surface area contributed by atoms with E-state index in [1.165, 1.54) is 82.1 Å². The first-order valence-corrected chi connectivity index (χ1v) is 46.7. The number of nitrogens with zero attached hydrogens (tertiary/aromatic N) is 11. The number of benzene rings is 19. The first-order chi connectivity index (χ1) is 65.8. The van der Waals surface area contributed by atoms with Gasteiger partial charge in [-0.15, -0.1) is 34.0 Å². The number of thiophene rings is 3. The quantitative estimate of drug-likeness (QED) is 0.127. The maximum atomic E-state index is 5.36. The summed E-state index contributed by atoms with van der Waals surface area (Å²) in [7, 11) is 0. The summed E-state index contributed by atoms with van der Waals surface area (Å²) in [5, 5.41) is 26.6. The Hall–Kier alpha value is -17.0. The molecule has 0 aliphatic rings. The highest BCUT2D eigenvalue weighted by Crippen LogP contribution is 2.46. The lowest BCUT2D eigenvalue weighted by Gasteiger charge is -2.13. The van der Waals surface area contributed by atoms with E-state index in [-0.39, 0.29) is 0 Å². The Bertz CT molecular complexity index is 9390. The standard InChI is InChI=1S/C43H25N3S.C42H24N4S.C34H20N4S/c1-3-11-28-21-30(19-17-26(28)9-1)37-25-38(31-20-18-27-10-2-4-12-29(27)22-31)46-43(45-37)42-34-15-6-5-13-32(34)35-24-41-36(23-39(35)44-42)33-14-7-8-16-40(33)47-41;1-3-15-27-25(11-1)13-9-20-32(27)40-44-41(33-21-10-14-26-12-2-4-16-28(26)33)46-42(45-40)39-31-19-6-5-17-29(31)34-24-38-35(23-36(34)43-39)30-18-7-8-22-37(30)47-38;1-3-11-21(12-4-1)32-36-33(22-13-5-2-6-14-22)38-34(37-32)31-25-17-8-7-15-23(25)26-20-30-27(19-28(26)35-31)24-16-9-10-18-29(24)39-30/h1-25H;1-24H;1-20H. The molecular formula is C119H69N11S3. The van der Waals surface area contributed by atoms with Crippen LogP contribution in [-0.2, 0) is 0 Å². The van der Waals surface area contributed by atoms with Gasteiger partial charge in [-0.05, 0) is 132 Å². The first-order valence-electron chi connectivity index (χ1n) is 44.2. The Balaban J connectivity index is 0.000000105. The van der Waals surface area contributed by atoms with E-state index in [1.54, 1.807) is 0 Å². The zero-order valence-corrected chi connectivity index (χ0v) is 73.4. The molecule has 0 saturated carbocycles. The van der Waals surface area contributed by atoms with E-state index in [4.69, 9.17) is 54.8 Å². The molecule has 0 saturated heterocycles. The highest BCUT2D eigenvalue weighted by molar-refractivity contribution is 7.26. The molecule has 0 aliphatic heterocycles. The van der Waals surface area contributed by atoms with Gasteiger partial charge in [0, 0.05) is 126 Å². The Kier molecular flexibility index (Phi) is 18.6. The molecule has 0 atom stereocenters. The zero-order valence-electron chi connectivity index (χ0n) is 71.0. The van der Waals surface area contributed by atoms with Gasteiger partial charge in [0.1, 0.15) is 17.1 Å². The minimum Gasteiger partial charge on any atom is -0.244 e. The molecule has 19 aromatic carbocycles. The van der Waals surface area contributed by atoms with Gasteiger partial charge in [0.2, 0.25) is 0 Å². The fraction of sp³-hybridized carbons (Fsp3) is 0. The molecular weight excluding hydrogens is 1680 g/mol. The third kappa shape index (κ3) is 13.7. The molecule has 0 spiro atoms. The van der Waals surface area contributed by atoms with Gasteiger partial charge in [-0.3, -0.25) is 0 Å². The van der Waals surface area contributed by atoms with E-state index in [2.05, 4.69) is 358 Å². The number of pyridine rings is 3. The third-order valence-electron chi connectivity index (χ3n) is 25.4. The minimum atomic E-state index is 0.555. The van der Waals surface area contributed by atoms with E-state index in [0.717, 1.165) is 148 Å². The lowest BCUT2D eigenvalue weighted by molar-refractivity contribution is 1.07. The Morgan fingerprint density at radius 1 is 0.135 bits per heavy atom. The van der Waals surface area contributed by atoms with Crippen molar-refractivity contribution < 1.29 is 0 Å². The summed E-state index contributed by atoms with van der Waals surface area (Å²) in [5.41, 5.74) is 12.7. The van der Waals surface area contributed by atoms with Gasteiger partial charge in [-0.2, -0.15) is 0 Å². The second-order valence-corrected chi connectivity index (χ2v) is 36.6. The average molecular weight is 1750 g/mol. The van der Waals surface area contributed by atoms with Gasteiger partial charge in [-0.1, -0.05) is 346 Å². The van der Waals surface area contributed by atoms with E-state index in [0.29, 0.717) is 40.8 Å². The smallest absolute Gasteiger partial charge is 0.183 e. The molecule has 0 fully saturated rings. The van der Waals surface area contributed by atoms with Gasteiger partial charge >= 0.3 is 0 Å². The van der Waals surface area contributed by atoms with Crippen LogP contribution in [0, 0.1) is 0 Å². The third-order valence-corrected chi connectivity index (χ3v) is 28.8. The molecule has 28 rings (SSSR count). The number of hydrogen-bond donors (Lipinski definition) is 0. The molecule has 0 aliphatic carbocycles. The minimum absolute atomic E-state index is 0.555. The molecule has 0 amide bonds. The second-order valence-electron chi connectivity index (χ2n) is 33.4. The number of hydrogen-bond acceptors (Lipinski definition) is 14. The topological polar surface area (TPSA) is 142 Å². The van der Waals surface area contributed by atoms with E-state index < -0.39 is 0 Å². The maximum Gasteiger partial charge on any atom is 0.183 e. The van der Waals surface area contributed by atoms with Crippen LogP contribution in [0.4, 0.5) is 0 Å². The van der Waals surface area contributed by atoms with Gasteiger partial charge in [0.05, 0.1) is 27.9 Å². The molecule has 9 heterocycles. The van der Waals surface area contributed by atoms with Crippen LogP contribution in [-0.4, -0.2) is 54.8 Å². The molecule has 0 radical (unpaired) electrons. The Morgan fingerprint density at radius 2 is 0.421 bits per heavy atom. The molecule has 133 heavy (non-hydrogen) atoms. The summed E-state index contributed by atoms with van der Waals surface area (Å²) in [6, 6.07) is 146. The fourth-order valence-electron chi connectivity index (χ4n) is 19.1. The molecule has 14 heteroatoms. The highest BCUT2D eigenvalue weighted by atomic mass is 32.1. The monoisotopic (exact) mass is 1750 g/mol. The van der Waals surface area contributed by atoms with Gasteiger partial charge < -0.3 is 0 Å². The normalized spacial score (nSPS) is 11.8. The summed E-state index contributed by atoms with van der Waals surface area (Å²) in [6.45, 7) is 0. The Labute approximate surface area is 772 Å². The van der Waals surface area contributed by atoms with Crippen molar-refractivity contribution in [3.63, 3.8) is 0 Å². The van der Waals surface area contributed by atoms with Crippen LogP contribution in [0.5, 0.6) is 0 Å². The Morgan fingerprint density at radius 3 is 0.805 bits per heavy atom. The van der Waals surface area contributed by atoms with Crippen molar-refractivity contribution in [1.29, 1.82) is 0 Å². The molecule has 9 aromatic heterocycles. The van der Waals surface area contributed by atoms with E-state index in [9.17, 15) is 0 Å². The second kappa shape index (κ2) is 32.0. The number of aromatic nitrogens is 11. The van der Waals surface area contributed by atoms with Crippen molar-refractivity contribution in [1.82, 2.24) is 54.8 Å². The summed E-state index contributed by atoms with van der Waals surface area (Å²) in [6.07, 6.45) is 0. The van der Waals surface area contributed by atoms with Crippen molar-refractivity contribution >= 4 is 203 Å². The predicted molar refractivity (Wildman–Crippen MR) is 558 cm³/mol. The van der Waals surface area contributed by atoms with Crippen molar-refractivity contribution in [3.8, 4) is 103 Å². The van der Waals surface area contributed by atoms with Crippen LogP contribution in [0.1, 0.15) is 0 Å². The van der Waals surface area contributed by atoms with Gasteiger partial charge in [-0.25, -0.2) is 54.8 Å². The summed E-state index contributed by atoms with van der Waals surface area (Å²) < 4.78 is 7.64. The van der Waals surface area contributed by atoms with Crippen LogP contribution in [0.25, 0.3) is 271 Å². The lowest BCUT2D eigenvalue weighted by Crippen LogP contribution is -2.02. The van der Waals surface area contributed by atoms with Gasteiger partial charge in [0.15, 0.2) is 40.8 Å². The van der Waals surface area contributed by atoms with Crippen LogP contribution in [0.15, 0.2) is 419 Å². The average Bonchev–Trinajstić information content (AvgIpc) is 1.72. The zero-order chi connectivity index (χ0) is 87.6. The lowest BCUT2D eigenvalue weighted by atomic mass is 10.0. The van der Waals surface area contributed by atoms with Crippen LogP contribution < -0.4 is 0 Å². The number of fused-ring (bicyclic) bond motifs is 22. The van der Waals surface area contributed by atoms with Crippen molar-refractivity contribution in [3.05, 3.63) is 419 Å². The maximum absolute atomic E-state index is 5.36. The summed E-state index contributed by atoms with van der Waals surface area (Å²) in [5.74, 6) is 4.25. The molecule has 11 nitrogen and oxygen atoms in total. The van der Waals surface area contributed by atoms with Gasteiger partial charge in [0.25, 0.3) is 0 Å². The largest absolute Gasteiger partial charge is 0.244 e. The van der Waals surface area contributed by atoms with Crippen molar-refractivity contribution in [2.75, 3.05) is 0 Å². The van der Waals surface area contributed by atoms with Crippen LogP contribution in [0.2, 0.25) is 0 Å². The number of rotatable bonds is 9.